The summed E-state index contributed by atoms with van der Waals surface area (Å²) in [4.78, 5) is 12.8. The Morgan fingerprint density at radius 2 is 2.18 bits per heavy atom. The van der Waals surface area contributed by atoms with E-state index in [1.165, 1.54) is 5.57 Å². The van der Waals surface area contributed by atoms with Crippen LogP contribution in [0.2, 0.25) is 0 Å². The normalized spacial score (nSPS) is 22.4. The second-order valence-electron chi connectivity index (χ2n) is 3.50. The number of hydrogen-bond acceptors (Lipinski definition) is 1. The monoisotopic (exact) mass is 153 g/mol. The third-order valence-corrected chi connectivity index (χ3v) is 1.81. The highest BCUT2D eigenvalue weighted by atomic mass is 16.2. The summed E-state index contributed by atoms with van der Waals surface area (Å²) in [5.74, 6) is 0.807. The zero-order valence-electron chi connectivity index (χ0n) is 7.42. The summed E-state index contributed by atoms with van der Waals surface area (Å²) >= 11 is 0. The molecule has 0 N–H and O–H groups in total. The van der Waals surface area contributed by atoms with Gasteiger partial charge in [-0.05, 0) is 11.5 Å². The molecule has 0 spiro atoms. The Bertz CT molecular complexity index is 194. The van der Waals surface area contributed by atoms with E-state index in [1.807, 2.05) is 7.05 Å². The van der Waals surface area contributed by atoms with E-state index in [-0.39, 0.29) is 5.91 Å². The highest BCUT2D eigenvalue weighted by Crippen LogP contribution is 2.16. The lowest BCUT2D eigenvalue weighted by Crippen LogP contribution is -2.18. The van der Waals surface area contributed by atoms with Crippen LogP contribution >= 0.6 is 0 Å². The Morgan fingerprint density at radius 1 is 1.55 bits per heavy atom. The minimum absolute atomic E-state index is 0.247. The summed E-state index contributed by atoms with van der Waals surface area (Å²) < 4.78 is 0. The SMILES string of the molecule is CC(C)/C=C1\CC(=O)N(C)C1. The Kier molecular flexibility index (Phi) is 2.32. The molecule has 1 heterocycles. The highest BCUT2D eigenvalue weighted by Gasteiger charge is 2.20. The van der Waals surface area contributed by atoms with Crippen molar-refractivity contribution in [2.24, 2.45) is 5.92 Å². The fourth-order valence-corrected chi connectivity index (χ4v) is 1.36. The minimum Gasteiger partial charge on any atom is -0.341 e. The lowest BCUT2D eigenvalue weighted by Gasteiger charge is -2.04. The molecule has 62 valence electrons. The van der Waals surface area contributed by atoms with Crippen LogP contribution in [-0.4, -0.2) is 24.4 Å². The van der Waals surface area contributed by atoms with E-state index in [4.69, 9.17) is 0 Å². The van der Waals surface area contributed by atoms with Crippen LogP contribution in [0.1, 0.15) is 20.3 Å². The molecule has 0 atom stereocenters. The predicted octanol–water partition coefficient (Wildman–Crippen LogP) is 1.43. The molecule has 1 amide bonds. The van der Waals surface area contributed by atoms with E-state index >= 15 is 0 Å². The molecule has 0 aromatic rings. The zero-order chi connectivity index (χ0) is 8.43. The van der Waals surface area contributed by atoms with Crippen LogP contribution in [0, 0.1) is 5.92 Å². The molecule has 2 heteroatoms. The summed E-state index contributed by atoms with van der Waals surface area (Å²) in [5.41, 5.74) is 1.27. The molecule has 2 nitrogen and oxygen atoms in total. The molecule has 0 unspecified atom stereocenters. The van der Waals surface area contributed by atoms with Crippen LogP contribution in [0.15, 0.2) is 11.6 Å². The first-order chi connectivity index (χ1) is 5.09. The number of allylic oxidation sites excluding steroid dienone is 1. The maximum Gasteiger partial charge on any atom is 0.226 e. The lowest BCUT2D eigenvalue weighted by molar-refractivity contribution is -0.126. The molecule has 11 heavy (non-hydrogen) atoms. The molecule has 0 bridgehead atoms. The van der Waals surface area contributed by atoms with Gasteiger partial charge in [0.15, 0.2) is 0 Å². The van der Waals surface area contributed by atoms with Gasteiger partial charge in [0, 0.05) is 20.0 Å². The van der Waals surface area contributed by atoms with Crippen molar-refractivity contribution >= 4 is 5.91 Å². The van der Waals surface area contributed by atoms with Crippen molar-refractivity contribution in [1.82, 2.24) is 4.90 Å². The molecule has 1 saturated heterocycles. The second kappa shape index (κ2) is 3.07. The van der Waals surface area contributed by atoms with E-state index in [2.05, 4.69) is 19.9 Å². The first-order valence-corrected chi connectivity index (χ1v) is 4.03. The van der Waals surface area contributed by atoms with Crippen molar-refractivity contribution < 1.29 is 4.79 Å². The maximum absolute atomic E-state index is 11.1. The number of likely N-dealkylation sites (N-methyl/N-ethyl adjacent to an activating group) is 1. The predicted molar refractivity (Wildman–Crippen MR) is 45.2 cm³/mol. The van der Waals surface area contributed by atoms with Crippen LogP contribution in [0.25, 0.3) is 0 Å². The Morgan fingerprint density at radius 3 is 2.55 bits per heavy atom. The van der Waals surface area contributed by atoms with Gasteiger partial charge in [-0.2, -0.15) is 0 Å². The van der Waals surface area contributed by atoms with Crippen molar-refractivity contribution in [3.8, 4) is 0 Å². The number of carbonyl (C=O) groups excluding carboxylic acids is 1. The molecular weight excluding hydrogens is 138 g/mol. The van der Waals surface area contributed by atoms with Crippen LogP contribution in [-0.2, 0) is 4.79 Å². The van der Waals surface area contributed by atoms with E-state index in [1.54, 1.807) is 4.90 Å². The first-order valence-electron chi connectivity index (χ1n) is 4.03. The molecule has 1 aliphatic heterocycles. The molecule has 1 rings (SSSR count). The summed E-state index contributed by atoms with van der Waals surface area (Å²) in [5, 5.41) is 0. The standard InChI is InChI=1S/C9H15NO/c1-7(2)4-8-5-9(11)10(3)6-8/h4,7H,5-6H2,1-3H3/b8-4+. The molecule has 0 aliphatic carbocycles. The number of amides is 1. The molecule has 1 fully saturated rings. The van der Waals surface area contributed by atoms with Crippen molar-refractivity contribution in [2.45, 2.75) is 20.3 Å². The number of likely N-dealkylation sites (tertiary alicyclic amines) is 1. The Balaban J connectivity index is 2.60. The van der Waals surface area contributed by atoms with Crippen molar-refractivity contribution in [2.75, 3.05) is 13.6 Å². The smallest absolute Gasteiger partial charge is 0.226 e. The largest absolute Gasteiger partial charge is 0.341 e. The van der Waals surface area contributed by atoms with Crippen molar-refractivity contribution in [3.63, 3.8) is 0 Å². The third kappa shape index (κ3) is 2.07. The number of carbonyl (C=O) groups is 1. The average Bonchev–Trinajstić information content (AvgIpc) is 2.10. The molecular formula is C9H15NO. The van der Waals surface area contributed by atoms with Crippen LogP contribution in [0.3, 0.4) is 0 Å². The average molecular weight is 153 g/mol. The van der Waals surface area contributed by atoms with Crippen LogP contribution in [0.5, 0.6) is 0 Å². The van der Waals surface area contributed by atoms with E-state index in [0.717, 1.165) is 6.54 Å². The van der Waals surface area contributed by atoms with Gasteiger partial charge < -0.3 is 4.90 Å². The fraction of sp³-hybridized carbons (Fsp3) is 0.667. The molecule has 1 aliphatic rings. The minimum atomic E-state index is 0.247. The van der Waals surface area contributed by atoms with Gasteiger partial charge in [-0.15, -0.1) is 0 Å². The quantitative estimate of drug-likeness (QED) is 0.522. The first kappa shape index (κ1) is 8.31. The van der Waals surface area contributed by atoms with Crippen molar-refractivity contribution in [1.29, 1.82) is 0 Å². The maximum atomic E-state index is 11.1. The molecule has 0 saturated carbocycles. The van der Waals surface area contributed by atoms with Gasteiger partial charge in [0.2, 0.25) is 5.91 Å². The summed E-state index contributed by atoms with van der Waals surface area (Å²) in [7, 11) is 1.85. The topological polar surface area (TPSA) is 20.3 Å². The second-order valence-corrected chi connectivity index (χ2v) is 3.50. The summed E-state index contributed by atoms with van der Waals surface area (Å²) in [6, 6.07) is 0. The number of rotatable bonds is 1. The van der Waals surface area contributed by atoms with E-state index in [9.17, 15) is 4.79 Å². The molecule has 0 radical (unpaired) electrons. The van der Waals surface area contributed by atoms with Gasteiger partial charge in [-0.1, -0.05) is 19.9 Å². The van der Waals surface area contributed by atoms with Crippen LogP contribution in [0.4, 0.5) is 0 Å². The van der Waals surface area contributed by atoms with Gasteiger partial charge in [0.1, 0.15) is 0 Å². The molecule has 0 aromatic carbocycles. The van der Waals surface area contributed by atoms with Gasteiger partial charge in [0.25, 0.3) is 0 Å². The fourth-order valence-electron chi connectivity index (χ4n) is 1.36. The highest BCUT2D eigenvalue weighted by molar-refractivity contribution is 5.81. The van der Waals surface area contributed by atoms with Crippen LogP contribution < -0.4 is 0 Å². The number of hydrogen-bond donors (Lipinski definition) is 0. The third-order valence-electron chi connectivity index (χ3n) is 1.81. The Labute approximate surface area is 67.9 Å². The van der Waals surface area contributed by atoms with Crippen molar-refractivity contribution in [3.05, 3.63) is 11.6 Å². The Hall–Kier alpha value is -0.790. The number of nitrogens with zero attached hydrogens (tertiary/aromatic N) is 1. The molecule has 0 aromatic heterocycles. The van der Waals surface area contributed by atoms with E-state index in [0.29, 0.717) is 12.3 Å². The summed E-state index contributed by atoms with van der Waals surface area (Å²) in [6.45, 7) is 5.10. The summed E-state index contributed by atoms with van der Waals surface area (Å²) in [6.07, 6.45) is 2.82. The van der Waals surface area contributed by atoms with Gasteiger partial charge in [0.05, 0.1) is 0 Å². The lowest BCUT2D eigenvalue weighted by atomic mass is 10.1. The van der Waals surface area contributed by atoms with Gasteiger partial charge in [-0.25, -0.2) is 0 Å². The van der Waals surface area contributed by atoms with E-state index < -0.39 is 0 Å². The van der Waals surface area contributed by atoms with Gasteiger partial charge in [-0.3, -0.25) is 4.79 Å². The van der Waals surface area contributed by atoms with Gasteiger partial charge >= 0.3 is 0 Å². The zero-order valence-corrected chi connectivity index (χ0v) is 7.42.